The molecule has 1 aliphatic heterocycles. The molecule has 4 heteroatoms. The third-order valence-electron chi connectivity index (χ3n) is 4.04. The molecule has 0 bridgehead atoms. The Morgan fingerprint density at radius 3 is 2.53 bits per heavy atom. The van der Waals surface area contributed by atoms with Crippen LogP contribution in [0.5, 0.6) is 11.5 Å². The van der Waals surface area contributed by atoms with Crippen LogP contribution in [-0.4, -0.2) is 33.1 Å². The number of hydrogen-bond donors (Lipinski definition) is 3. The smallest absolute Gasteiger partial charge is 0.129 e. The molecule has 0 fully saturated rings. The first-order chi connectivity index (χ1) is 8.72. The highest BCUT2D eigenvalue weighted by Crippen LogP contribution is 2.40. The van der Waals surface area contributed by atoms with Gasteiger partial charge in [-0.05, 0) is 38.5 Å². The second-order valence-electron chi connectivity index (χ2n) is 5.99. The number of rotatable bonds is 0. The van der Waals surface area contributed by atoms with E-state index in [9.17, 15) is 15.3 Å². The lowest BCUT2D eigenvalue weighted by atomic mass is 9.85. The van der Waals surface area contributed by atoms with Crippen molar-refractivity contribution in [3.05, 3.63) is 23.3 Å². The predicted octanol–water partition coefficient (Wildman–Crippen LogP) is 2.09. The summed E-state index contributed by atoms with van der Waals surface area (Å²) in [5.74, 6) is 0.609. The van der Waals surface area contributed by atoms with Crippen molar-refractivity contribution < 1.29 is 20.1 Å². The van der Waals surface area contributed by atoms with Gasteiger partial charge in [0, 0.05) is 17.9 Å². The minimum Gasteiger partial charge on any atom is -0.508 e. The summed E-state index contributed by atoms with van der Waals surface area (Å²) in [4.78, 5) is 0. The summed E-state index contributed by atoms with van der Waals surface area (Å²) in [7, 11) is 0. The Morgan fingerprint density at radius 2 is 1.89 bits per heavy atom. The molecule has 1 aromatic rings. The van der Waals surface area contributed by atoms with E-state index in [2.05, 4.69) is 0 Å². The Kier molecular flexibility index (Phi) is 3.49. The molecule has 0 saturated heterocycles. The van der Waals surface area contributed by atoms with Crippen LogP contribution in [0.15, 0.2) is 12.1 Å². The summed E-state index contributed by atoms with van der Waals surface area (Å²) in [6.07, 6.45) is -1.16. The maximum atomic E-state index is 10.2. The van der Waals surface area contributed by atoms with E-state index in [0.717, 1.165) is 5.56 Å². The van der Waals surface area contributed by atoms with Gasteiger partial charge in [0.25, 0.3) is 0 Å². The van der Waals surface area contributed by atoms with Crippen molar-refractivity contribution in [1.29, 1.82) is 0 Å². The largest absolute Gasteiger partial charge is 0.508 e. The number of phenols is 1. The number of aromatic hydroxyl groups is 1. The molecule has 19 heavy (non-hydrogen) atoms. The molecular weight excluding hydrogens is 244 g/mol. The van der Waals surface area contributed by atoms with Gasteiger partial charge < -0.3 is 20.1 Å². The van der Waals surface area contributed by atoms with Gasteiger partial charge in [-0.3, -0.25) is 0 Å². The highest BCUT2D eigenvalue weighted by atomic mass is 16.5. The molecule has 0 aromatic heterocycles. The van der Waals surface area contributed by atoms with Crippen LogP contribution in [0.1, 0.15) is 44.2 Å². The SMILES string of the molecule is Cc1cc2c(cc1O)[C@H](C)[C@H](O)C[C@H](O)C(C)(C)O2. The lowest BCUT2D eigenvalue weighted by Gasteiger charge is -2.38. The van der Waals surface area contributed by atoms with Crippen molar-refractivity contribution in [3.63, 3.8) is 0 Å². The minimum absolute atomic E-state index is 0.195. The van der Waals surface area contributed by atoms with Crippen LogP contribution in [0.25, 0.3) is 0 Å². The van der Waals surface area contributed by atoms with Gasteiger partial charge >= 0.3 is 0 Å². The van der Waals surface area contributed by atoms with Crippen molar-refractivity contribution in [3.8, 4) is 11.5 Å². The van der Waals surface area contributed by atoms with Gasteiger partial charge in [0.05, 0.1) is 12.2 Å². The molecule has 1 heterocycles. The molecule has 4 nitrogen and oxygen atoms in total. The van der Waals surface area contributed by atoms with Gasteiger partial charge in [-0.25, -0.2) is 0 Å². The Bertz CT molecular complexity index is 481. The first kappa shape index (κ1) is 14.2. The standard InChI is InChI=1S/C15H22O4/c1-8-5-13-10(6-11(8)16)9(2)12(17)7-14(18)15(3,4)19-13/h5-6,9,12,14,16-18H,7H2,1-4H3/t9-,12+,14-/m0/s1. The first-order valence-corrected chi connectivity index (χ1v) is 6.61. The van der Waals surface area contributed by atoms with Crippen LogP contribution >= 0.6 is 0 Å². The number of hydrogen-bond acceptors (Lipinski definition) is 4. The molecule has 1 aliphatic rings. The third-order valence-corrected chi connectivity index (χ3v) is 4.04. The van der Waals surface area contributed by atoms with Crippen LogP contribution in [0.3, 0.4) is 0 Å². The topological polar surface area (TPSA) is 69.9 Å². The number of aliphatic hydroxyl groups is 2. The molecule has 3 N–H and O–H groups in total. The third kappa shape index (κ3) is 2.55. The van der Waals surface area contributed by atoms with Crippen LogP contribution < -0.4 is 4.74 Å². The number of phenolic OH excluding ortho intramolecular Hbond substituents is 1. The van der Waals surface area contributed by atoms with E-state index in [-0.39, 0.29) is 18.1 Å². The Labute approximate surface area is 113 Å². The van der Waals surface area contributed by atoms with E-state index in [0.29, 0.717) is 11.3 Å². The highest BCUT2D eigenvalue weighted by molar-refractivity contribution is 5.47. The van der Waals surface area contributed by atoms with Gasteiger partial charge in [0.1, 0.15) is 17.1 Å². The van der Waals surface area contributed by atoms with E-state index in [4.69, 9.17) is 4.74 Å². The van der Waals surface area contributed by atoms with Crippen molar-refractivity contribution in [2.75, 3.05) is 0 Å². The van der Waals surface area contributed by atoms with Gasteiger partial charge in [-0.15, -0.1) is 0 Å². The van der Waals surface area contributed by atoms with Crippen LogP contribution in [0, 0.1) is 6.92 Å². The number of benzene rings is 1. The first-order valence-electron chi connectivity index (χ1n) is 6.61. The maximum Gasteiger partial charge on any atom is 0.129 e. The molecule has 0 unspecified atom stereocenters. The second-order valence-corrected chi connectivity index (χ2v) is 5.99. The Hall–Kier alpha value is -1.26. The van der Waals surface area contributed by atoms with Crippen molar-refractivity contribution in [1.82, 2.24) is 0 Å². The summed E-state index contributed by atoms with van der Waals surface area (Å²) in [5.41, 5.74) is 0.709. The van der Waals surface area contributed by atoms with Crippen LogP contribution in [0.4, 0.5) is 0 Å². The number of aliphatic hydroxyl groups excluding tert-OH is 2. The van der Waals surface area contributed by atoms with Crippen LogP contribution in [-0.2, 0) is 0 Å². The average Bonchev–Trinajstić information content (AvgIpc) is 2.31. The molecule has 2 rings (SSSR count). The number of fused-ring (bicyclic) bond motifs is 1. The molecule has 3 atom stereocenters. The lowest BCUT2D eigenvalue weighted by Crippen LogP contribution is -2.46. The molecule has 0 amide bonds. The van der Waals surface area contributed by atoms with Gasteiger partial charge in [-0.2, -0.15) is 0 Å². The van der Waals surface area contributed by atoms with E-state index >= 15 is 0 Å². The fraction of sp³-hybridized carbons (Fsp3) is 0.600. The van der Waals surface area contributed by atoms with Gasteiger partial charge in [-0.1, -0.05) is 6.92 Å². The summed E-state index contributed by atoms with van der Waals surface area (Å²) < 4.78 is 5.92. The Morgan fingerprint density at radius 1 is 1.26 bits per heavy atom. The summed E-state index contributed by atoms with van der Waals surface area (Å²) >= 11 is 0. The van der Waals surface area contributed by atoms with Crippen LogP contribution in [0.2, 0.25) is 0 Å². The second kappa shape index (κ2) is 4.69. The van der Waals surface area contributed by atoms with Crippen molar-refractivity contribution in [2.45, 2.75) is 57.8 Å². The molecule has 0 spiro atoms. The van der Waals surface area contributed by atoms with E-state index < -0.39 is 17.8 Å². The zero-order chi connectivity index (χ0) is 14.4. The summed E-state index contributed by atoms with van der Waals surface area (Å²) in [5, 5.41) is 30.2. The average molecular weight is 266 g/mol. The highest BCUT2D eigenvalue weighted by Gasteiger charge is 2.37. The normalized spacial score (nSPS) is 29.9. The van der Waals surface area contributed by atoms with Gasteiger partial charge in [0.2, 0.25) is 0 Å². The molecule has 106 valence electrons. The fourth-order valence-electron chi connectivity index (χ4n) is 2.41. The fourth-order valence-corrected chi connectivity index (χ4v) is 2.41. The lowest BCUT2D eigenvalue weighted by molar-refractivity contribution is -0.0614. The molecular formula is C15H22O4. The molecule has 1 aromatic carbocycles. The summed E-state index contributed by atoms with van der Waals surface area (Å²) in [6.45, 7) is 7.26. The quantitative estimate of drug-likeness (QED) is 0.672. The monoisotopic (exact) mass is 266 g/mol. The number of aryl methyl sites for hydroxylation is 1. The molecule has 0 radical (unpaired) electrons. The predicted molar refractivity (Wildman–Crippen MR) is 72.6 cm³/mol. The Balaban J connectivity index is 2.55. The maximum absolute atomic E-state index is 10.2. The number of ether oxygens (including phenoxy) is 1. The van der Waals surface area contributed by atoms with E-state index in [1.807, 2.05) is 6.92 Å². The van der Waals surface area contributed by atoms with Crippen molar-refractivity contribution >= 4 is 0 Å². The van der Waals surface area contributed by atoms with E-state index in [1.165, 1.54) is 0 Å². The van der Waals surface area contributed by atoms with Gasteiger partial charge in [0.15, 0.2) is 0 Å². The summed E-state index contributed by atoms with van der Waals surface area (Å²) in [6, 6.07) is 3.40. The zero-order valence-electron chi connectivity index (χ0n) is 11.8. The zero-order valence-corrected chi connectivity index (χ0v) is 11.8. The molecule has 0 saturated carbocycles. The molecule has 0 aliphatic carbocycles. The van der Waals surface area contributed by atoms with Crippen molar-refractivity contribution in [2.24, 2.45) is 0 Å². The van der Waals surface area contributed by atoms with E-state index in [1.54, 1.807) is 32.9 Å². The minimum atomic E-state index is -0.778.